The predicted octanol–water partition coefficient (Wildman–Crippen LogP) is 5.65. The van der Waals surface area contributed by atoms with Gasteiger partial charge in [0.15, 0.2) is 0 Å². The molecule has 0 radical (unpaired) electrons. The Hall–Kier alpha value is -1.83. The zero-order chi connectivity index (χ0) is 16.3. The van der Waals surface area contributed by atoms with Crippen molar-refractivity contribution in [1.29, 1.82) is 0 Å². The van der Waals surface area contributed by atoms with Crippen LogP contribution in [0.15, 0.2) is 35.4 Å². The van der Waals surface area contributed by atoms with E-state index in [2.05, 4.69) is 70.4 Å². The lowest BCUT2D eigenvalue weighted by Gasteiger charge is -2.06. The maximum absolute atomic E-state index is 4.70. The highest BCUT2D eigenvalue weighted by atomic mass is 15.1. The number of hydrogen-bond donors (Lipinski definition) is 0. The molecule has 0 aliphatic rings. The molecule has 2 nitrogen and oxygen atoms in total. The minimum absolute atomic E-state index is 0.908. The minimum atomic E-state index is 0.908. The molecule has 0 fully saturated rings. The second-order valence-electron chi connectivity index (χ2n) is 6.57. The molecule has 0 N–H and O–H groups in total. The van der Waals surface area contributed by atoms with Gasteiger partial charge in [0.1, 0.15) is 5.82 Å². The maximum atomic E-state index is 4.70. The van der Waals surface area contributed by atoms with Crippen LogP contribution < -0.4 is 0 Å². The van der Waals surface area contributed by atoms with Gasteiger partial charge in [-0.1, -0.05) is 23.3 Å². The van der Waals surface area contributed by atoms with Crippen LogP contribution in [0.2, 0.25) is 0 Å². The molecule has 2 heteroatoms. The molecule has 0 aliphatic heterocycles. The molecule has 1 aromatic carbocycles. The topological polar surface area (TPSA) is 17.8 Å². The minimum Gasteiger partial charge on any atom is -0.324 e. The second-order valence-corrected chi connectivity index (χ2v) is 6.57. The molecule has 0 amide bonds. The SMILES string of the molecule is CC(C)=CCC/C(C)=C/Cn1c(C)nc2cc(C)c(C)cc21. The number of benzene rings is 1. The van der Waals surface area contributed by atoms with E-state index in [-0.39, 0.29) is 0 Å². The molecule has 0 unspecified atom stereocenters. The van der Waals surface area contributed by atoms with Gasteiger partial charge in [0.25, 0.3) is 0 Å². The van der Waals surface area contributed by atoms with Crippen LogP contribution in [0.5, 0.6) is 0 Å². The summed E-state index contributed by atoms with van der Waals surface area (Å²) in [5.41, 5.74) is 7.84. The van der Waals surface area contributed by atoms with E-state index >= 15 is 0 Å². The van der Waals surface area contributed by atoms with Crippen molar-refractivity contribution in [2.45, 2.75) is 60.9 Å². The van der Waals surface area contributed by atoms with E-state index < -0.39 is 0 Å². The molecule has 0 aliphatic carbocycles. The van der Waals surface area contributed by atoms with Crippen molar-refractivity contribution in [2.75, 3.05) is 0 Å². The summed E-state index contributed by atoms with van der Waals surface area (Å²) < 4.78 is 2.31. The number of nitrogens with zero attached hydrogens (tertiary/aromatic N) is 2. The van der Waals surface area contributed by atoms with Crippen LogP contribution in [0.25, 0.3) is 11.0 Å². The van der Waals surface area contributed by atoms with Gasteiger partial charge < -0.3 is 4.57 Å². The van der Waals surface area contributed by atoms with E-state index in [0.29, 0.717) is 0 Å². The number of hydrogen-bond acceptors (Lipinski definition) is 1. The lowest BCUT2D eigenvalue weighted by molar-refractivity contribution is 0.793. The van der Waals surface area contributed by atoms with Gasteiger partial charge in [-0.15, -0.1) is 0 Å². The third-order valence-corrected chi connectivity index (χ3v) is 4.27. The number of allylic oxidation sites excluding steroid dienone is 4. The third-order valence-electron chi connectivity index (χ3n) is 4.27. The second kappa shape index (κ2) is 6.95. The summed E-state index contributed by atoms with van der Waals surface area (Å²) in [6.07, 6.45) is 6.91. The quantitative estimate of drug-likeness (QED) is 0.651. The van der Waals surface area contributed by atoms with Crippen LogP contribution >= 0.6 is 0 Å². The monoisotopic (exact) mass is 296 g/mol. The molecular formula is C20H28N2. The molecule has 2 rings (SSSR count). The van der Waals surface area contributed by atoms with E-state index in [0.717, 1.165) is 30.7 Å². The maximum Gasteiger partial charge on any atom is 0.107 e. The van der Waals surface area contributed by atoms with Crippen molar-refractivity contribution < 1.29 is 0 Å². The fourth-order valence-electron chi connectivity index (χ4n) is 2.67. The molecule has 0 saturated heterocycles. The Morgan fingerprint density at radius 1 is 1.05 bits per heavy atom. The highest BCUT2D eigenvalue weighted by Gasteiger charge is 2.08. The van der Waals surface area contributed by atoms with Gasteiger partial charge >= 0.3 is 0 Å². The standard InChI is InChI=1S/C20H28N2/c1-14(2)8-7-9-15(3)10-11-22-18(6)21-19-12-16(4)17(5)13-20(19)22/h8,10,12-13H,7,9,11H2,1-6H3/b15-10+. The van der Waals surface area contributed by atoms with Gasteiger partial charge in [0.05, 0.1) is 11.0 Å². The number of aromatic nitrogens is 2. The van der Waals surface area contributed by atoms with E-state index in [9.17, 15) is 0 Å². The van der Waals surface area contributed by atoms with Crippen molar-refractivity contribution in [3.8, 4) is 0 Å². The number of fused-ring (bicyclic) bond motifs is 1. The first-order valence-electron chi connectivity index (χ1n) is 8.11. The zero-order valence-corrected chi connectivity index (χ0v) is 14.8. The Labute approximate surface area is 134 Å². The van der Waals surface area contributed by atoms with Crippen molar-refractivity contribution >= 4 is 11.0 Å². The van der Waals surface area contributed by atoms with Crippen LogP contribution in [-0.2, 0) is 6.54 Å². The van der Waals surface area contributed by atoms with Gasteiger partial charge in [-0.3, -0.25) is 0 Å². The first-order chi connectivity index (χ1) is 10.4. The molecule has 22 heavy (non-hydrogen) atoms. The average molecular weight is 296 g/mol. The van der Waals surface area contributed by atoms with Gasteiger partial charge in [0.2, 0.25) is 0 Å². The number of rotatable bonds is 5. The van der Waals surface area contributed by atoms with E-state index in [4.69, 9.17) is 4.98 Å². The van der Waals surface area contributed by atoms with Crippen molar-refractivity contribution in [2.24, 2.45) is 0 Å². The fraction of sp³-hybridized carbons (Fsp3) is 0.450. The van der Waals surface area contributed by atoms with E-state index in [1.54, 1.807) is 0 Å². The Bertz CT molecular complexity index is 726. The van der Waals surface area contributed by atoms with Crippen LogP contribution in [-0.4, -0.2) is 9.55 Å². The molecular weight excluding hydrogens is 268 g/mol. The Balaban J connectivity index is 2.19. The molecule has 0 bridgehead atoms. The molecule has 118 valence electrons. The highest BCUT2D eigenvalue weighted by Crippen LogP contribution is 2.21. The summed E-state index contributed by atoms with van der Waals surface area (Å²) in [6, 6.07) is 4.45. The normalized spacial score (nSPS) is 12.0. The van der Waals surface area contributed by atoms with Gasteiger partial charge in [0, 0.05) is 6.54 Å². The molecule has 2 aromatic rings. The van der Waals surface area contributed by atoms with Gasteiger partial charge in [-0.25, -0.2) is 4.98 Å². The Kier molecular flexibility index (Phi) is 5.23. The van der Waals surface area contributed by atoms with E-state index in [1.165, 1.54) is 27.8 Å². The lowest BCUT2D eigenvalue weighted by Crippen LogP contribution is -1.99. The highest BCUT2D eigenvalue weighted by molar-refractivity contribution is 5.78. The third kappa shape index (κ3) is 3.88. The van der Waals surface area contributed by atoms with Crippen LogP contribution in [0.4, 0.5) is 0 Å². The largest absolute Gasteiger partial charge is 0.324 e. The zero-order valence-electron chi connectivity index (χ0n) is 14.8. The summed E-state index contributed by atoms with van der Waals surface area (Å²) in [4.78, 5) is 4.70. The first kappa shape index (κ1) is 16.5. The van der Waals surface area contributed by atoms with Crippen molar-refractivity contribution in [1.82, 2.24) is 9.55 Å². The summed E-state index contributed by atoms with van der Waals surface area (Å²) in [5.74, 6) is 1.09. The molecule has 0 spiro atoms. The Morgan fingerprint density at radius 2 is 1.73 bits per heavy atom. The van der Waals surface area contributed by atoms with Gasteiger partial charge in [-0.05, 0) is 77.6 Å². The summed E-state index contributed by atoms with van der Waals surface area (Å²) >= 11 is 0. The van der Waals surface area contributed by atoms with Crippen LogP contribution in [0.3, 0.4) is 0 Å². The smallest absolute Gasteiger partial charge is 0.107 e. The Morgan fingerprint density at radius 3 is 2.41 bits per heavy atom. The summed E-state index contributed by atoms with van der Waals surface area (Å²) in [5, 5.41) is 0. The molecule has 1 aromatic heterocycles. The average Bonchev–Trinajstić information content (AvgIpc) is 2.72. The van der Waals surface area contributed by atoms with Crippen LogP contribution in [0, 0.1) is 20.8 Å². The number of imidazole rings is 1. The van der Waals surface area contributed by atoms with Crippen molar-refractivity contribution in [3.63, 3.8) is 0 Å². The number of aryl methyl sites for hydroxylation is 3. The fourth-order valence-corrected chi connectivity index (χ4v) is 2.67. The van der Waals surface area contributed by atoms with Crippen molar-refractivity contribution in [3.05, 3.63) is 52.4 Å². The predicted molar refractivity (Wildman–Crippen MR) is 96.4 cm³/mol. The summed E-state index contributed by atoms with van der Waals surface area (Å²) in [7, 11) is 0. The lowest BCUT2D eigenvalue weighted by atomic mass is 10.1. The van der Waals surface area contributed by atoms with Crippen LogP contribution in [0.1, 0.15) is 50.6 Å². The molecule has 1 heterocycles. The molecule has 0 atom stereocenters. The van der Waals surface area contributed by atoms with E-state index in [1.807, 2.05) is 0 Å². The molecule has 0 saturated carbocycles. The van der Waals surface area contributed by atoms with Gasteiger partial charge in [-0.2, -0.15) is 0 Å². The summed E-state index contributed by atoms with van der Waals surface area (Å²) in [6.45, 7) is 13.9. The first-order valence-corrected chi connectivity index (χ1v) is 8.11.